The molecule has 7 nitrogen and oxygen atoms in total. The smallest absolute Gasteiger partial charge is 0.336 e. The molecule has 1 fully saturated rings. The van der Waals surface area contributed by atoms with Crippen LogP contribution in [0, 0.1) is 6.92 Å². The van der Waals surface area contributed by atoms with Crippen molar-refractivity contribution in [1.29, 1.82) is 0 Å². The van der Waals surface area contributed by atoms with Gasteiger partial charge in [-0.25, -0.2) is 4.79 Å². The van der Waals surface area contributed by atoms with Crippen LogP contribution in [-0.2, 0) is 11.3 Å². The molecule has 168 valence electrons. The van der Waals surface area contributed by atoms with E-state index in [-0.39, 0.29) is 11.5 Å². The van der Waals surface area contributed by atoms with Crippen LogP contribution in [0.3, 0.4) is 0 Å². The Hall–Kier alpha value is -3.16. The Bertz CT molecular complexity index is 1130. The van der Waals surface area contributed by atoms with Crippen molar-refractivity contribution in [1.82, 2.24) is 9.80 Å². The lowest BCUT2D eigenvalue weighted by Crippen LogP contribution is -2.48. The molecule has 0 aliphatic carbocycles. The van der Waals surface area contributed by atoms with E-state index in [4.69, 9.17) is 9.15 Å². The minimum Gasteiger partial charge on any atom is -0.494 e. The van der Waals surface area contributed by atoms with Crippen molar-refractivity contribution in [2.75, 3.05) is 44.6 Å². The number of fused-ring (bicyclic) bond motifs is 1. The fraction of sp³-hybridized carbons (Fsp3) is 0.360. The summed E-state index contributed by atoms with van der Waals surface area (Å²) in [5, 5.41) is 3.86. The van der Waals surface area contributed by atoms with E-state index in [2.05, 4.69) is 15.1 Å². The highest BCUT2D eigenvalue weighted by Gasteiger charge is 2.20. The highest BCUT2D eigenvalue weighted by molar-refractivity contribution is 5.92. The van der Waals surface area contributed by atoms with E-state index in [0.29, 0.717) is 25.3 Å². The van der Waals surface area contributed by atoms with Gasteiger partial charge in [-0.15, -0.1) is 0 Å². The van der Waals surface area contributed by atoms with Crippen LogP contribution >= 0.6 is 0 Å². The van der Waals surface area contributed by atoms with Crippen molar-refractivity contribution in [3.05, 3.63) is 70.1 Å². The van der Waals surface area contributed by atoms with Crippen LogP contribution in [0.5, 0.6) is 5.75 Å². The average Bonchev–Trinajstić information content (AvgIpc) is 2.77. The summed E-state index contributed by atoms with van der Waals surface area (Å²) in [5.41, 5.74) is 3.14. The Morgan fingerprint density at radius 3 is 2.47 bits per heavy atom. The molecule has 32 heavy (non-hydrogen) atoms. The molecule has 2 aromatic carbocycles. The van der Waals surface area contributed by atoms with Gasteiger partial charge in [0.25, 0.3) is 0 Å². The van der Waals surface area contributed by atoms with Crippen molar-refractivity contribution in [2.24, 2.45) is 0 Å². The lowest BCUT2D eigenvalue weighted by atomic mass is 10.1. The van der Waals surface area contributed by atoms with E-state index in [9.17, 15) is 9.59 Å². The third-order valence-corrected chi connectivity index (χ3v) is 5.67. The number of anilines is 1. The first kappa shape index (κ1) is 22.0. The molecule has 7 heteroatoms. The Balaban J connectivity index is 1.35. The molecular weight excluding hydrogens is 406 g/mol. The monoisotopic (exact) mass is 435 g/mol. The van der Waals surface area contributed by atoms with Crippen molar-refractivity contribution in [2.45, 2.75) is 20.4 Å². The lowest BCUT2D eigenvalue weighted by Gasteiger charge is -2.34. The topological polar surface area (TPSA) is 75.0 Å². The first-order chi connectivity index (χ1) is 15.5. The molecule has 4 rings (SSSR count). The third-order valence-electron chi connectivity index (χ3n) is 5.67. The number of ether oxygens (including phenoxy) is 1. The van der Waals surface area contributed by atoms with Gasteiger partial charge in [0.15, 0.2) is 0 Å². The van der Waals surface area contributed by atoms with Crippen LogP contribution in [0.4, 0.5) is 5.69 Å². The molecule has 1 saturated heterocycles. The molecule has 3 aromatic rings. The van der Waals surface area contributed by atoms with Crippen LogP contribution in [0.25, 0.3) is 11.0 Å². The van der Waals surface area contributed by atoms with Gasteiger partial charge in [0.1, 0.15) is 11.3 Å². The Morgan fingerprint density at radius 1 is 1.03 bits per heavy atom. The number of benzene rings is 2. The maximum absolute atomic E-state index is 12.4. The van der Waals surface area contributed by atoms with Crippen molar-refractivity contribution >= 4 is 22.6 Å². The predicted molar refractivity (Wildman–Crippen MR) is 125 cm³/mol. The van der Waals surface area contributed by atoms with Gasteiger partial charge in [-0.3, -0.25) is 14.6 Å². The minimum absolute atomic E-state index is 0.00239. The second kappa shape index (κ2) is 9.97. The fourth-order valence-electron chi connectivity index (χ4n) is 3.98. The molecule has 0 radical (unpaired) electrons. The summed E-state index contributed by atoms with van der Waals surface area (Å²) >= 11 is 0. The number of aryl methyl sites for hydroxylation is 1. The highest BCUT2D eigenvalue weighted by atomic mass is 16.5. The van der Waals surface area contributed by atoms with Crippen LogP contribution in [0.2, 0.25) is 0 Å². The molecule has 1 N–H and O–H groups in total. The molecule has 0 atom stereocenters. The standard InChI is InChI=1S/C25H29N3O4/c1-3-31-21-8-9-23-22(15-21)19(14-25(30)32-23)16-27-10-12-28(13-11-27)17-24(29)26-20-6-4-18(2)5-7-20/h4-9,14-15H,3,10-13,16-17H2,1-2H3,(H,26,29). The molecule has 0 bridgehead atoms. The zero-order valence-electron chi connectivity index (χ0n) is 18.6. The van der Waals surface area contributed by atoms with E-state index in [0.717, 1.165) is 54.1 Å². The van der Waals surface area contributed by atoms with Crippen LogP contribution in [-0.4, -0.2) is 55.0 Å². The van der Waals surface area contributed by atoms with Crippen molar-refractivity contribution < 1.29 is 13.9 Å². The molecule has 1 amide bonds. The van der Waals surface area contributed by atoms with E-state index >= 15 is 0 Å². The summed E-state index contributed by atoms with van der Waals surface area (Å²) in [5.74, 6) is 0.761. The molecule has 0 spiro atoms. The van der Waals surface area contributed by atoms with Gasteiger partial charge in [-0.1, -0.05) is 17.7 Å². The summed E-state index contributed by atoms with van der Waals surface area (Å²) < 4.78 is 11.0. The lowest BCUT2D eigenvalue weighted by molar-refractivity contribution is -0.117. The summed E-state index contributed by atoms with van der Waals surface area (Å²) in [6, 6.07) is 14.9. The molecular formula is C25H29N3O4. The number of hydrogen-bond acceptors (Lipinski definition) is 6. The number of nitrogens with one attached hydrogen (secondary N) is 1. The number of carbonyl (C=O) groups excluding carboxylic acids is 1. The largest absolute Gasteiger partial charge is 0.494 e. The number of nitrogens with zero attached hydrogens (tertiary/aromatic N) is 2. The van der Waals surface area contributed by atoms with Crippen LogP contribution < -0.4 is 15.7 Å². The van der Waals surface area contributed by atoms with Gasteiger partial charge >= 0.3 is 5.63 Å². The Labute approximate surface area is 187 Å². The highest BCUT2D eigenvalue weighted by Crippen LogP contribution is 2.24. The van der Waals surface area contributed by atoms with Crippen LogP contribution in [0.1, 0.15) is 18.1 Å². The van der Waals surface area contributed by atoms with Gasteiger partial charge in [-0.2, -0.15) is 0 Å². The van der Waals surface area contributed by atoms with Crippen molar-refractivity contribution in [3.63, 3.8) is 0 Å². The average molecular weight is 436 g/mol. The molecule has 1 aliphatic heterocycles. The van der Waals surface area contributed by atoms with Gasteiger partial charge in [0.2, 0.25) is 5.91 Å². The van der Waals surface area contributed by atoms with Gasteiger partial charge in [0, 0.05) is 49.9 Å². The quantitative estimate of drug-likeness (QED) is 0.574. The number of carbonyl (C=O) groups is 1. The summed E-state index contributed by atoms with van der Waals surface area (Å²) in [7, 11) is 0. The first-order valence-corrected chi connectivity index (χ1v) is 11.0. The maximum atomic E-state index is 12.4. The molecule has 1 aliphatic rings. The predicted octanol–water partition coefficient (Wildman–Crippen LogP) is 3.26. The fourth-order valence-corrected chi connectivity index (χ4v) is 3.98. The van der Waals surface area contributed by atoms with Gasteiger partial charge in [0.05, 0.1) is 13.2 Å². The van der Waals surface area contributed by atoms with E-state index in [1.54, 1.807) is 12.1 Å². The zero-order valence-corrected chi connectivity index (χ0v) is 18.6. The third kappa shape index (κ3) is 5.55. The second-order valence-corrected chi connectivity index (χ2v) is 8.15. The van der Waals surface area contributed by atoms with E-state index in [1.165, 1.54) is 0 Å². The van der Waals surface area contributed by atoms with Gasteiger partial charge < -0.3 is 14.5 Å². The summed E-state index contributed by atoms with van der Waals surface area (Å²) in [4.78, 5) is 28.9. The van der Waals surface area contributed by atoms with E-state index in [1.807, 2.05) is 50.2 Å². The normalized spacial score (nSPS) is 15.1. The summed E-state index contributed by atoms with van der Waals surface area (Å²) in [6.07, 6.45) is 0. The maximum Gasteiger partial charge on any atom is 0.336 e. The molecule has 0 unspecified atom stereocenters. The molecule has 2 heterocycles. The number of hydrogen-bond donors (Lipinski definition) is 1. The number of rotatable bonds is 7. The number of piperazine rings is 1. The van der Waals surface area contributed by atoms with Gasteiger partial charge in [-0.05, 0) is 49.7 Å². The summed E-state index contributed by atoms with van der Waals surface area (Å²) in [6.45, 7) is 8.81. The SMILES string of the molecule is CCOc1ccc2oc(=O)cc(CN3CCN(CC(=O)Nc4ccc(C)cc4)CC3)c2c1. The number of amides is 1. The Morgan fingerprint density at radius 2 is 1.75 bits per heavy atom. The zero-order chi connectivity index (χ0) is 22.5. The van der Waals surface area contributed by atoms with E-state index < -0.39 is 0 Å². The van der Waals surface area contributed by atoms with Crippen LogP contribution in [0.15, 0.2) is 57.7 Å². The minimum atomic E-state index is -0.344. The van der Waals surface area contributed by atoms with Crippen molar-refractivity contribution in [3.8, 4) is 5.75 Å². The first-order valence-electron chi connectivity index (χ1n) is 11.0. The molecule has 1 aromatic heterocycles. The second-order valence-electron chi connectivity index (χ2n) is 8.15. The molecule has 0 saturated carbocycles. The Kier molecular flexibility index (Phi) is 6.87.